The van der Waals surface area contributed by atoms with E-state index >= 15 is 0 Å². The highest BCUT2D eigenvalue weighted by molar-refractivity contribution is 5.08. The molecule has 3 nitrogen and oxygen atoms in total. The maximum absolute atomic E-state index is 5.74. The number of hydrogen-bond donors (Lipinski definition) is 1. The molecule has 1 rings (SSSR count). The predicted octanol–water partition coefficient (Wildman–Crippen LogP) is 1.02. The zero-order chi connectivity index (χ0) is 9.68. The maximum Gasteiger partial charge on any atom is 0.0641 e. The quantitative estimate of drug-likeness (QED) is 0.738. The summed E-state index contributed by atoms with van der Waals surface area (Å²) in [5.41, 5.74) is 7.02. The minimum absolute atomic E-state index is 0.219. The van der Waals surface area contributed by atoms with Gasteiger partial charge in [0.15, 0.2) is 0 Å². The summed E-state index contributed by atoms with van der Waals surface area (Å²) in [6, 6.07) is 4.38. The van der Waals surface area contributed by atoms with Gasteiger partial charge in [0, 0.05) is 38.0 Å². The summed E-state index contributed by atoms with van der Waals surface area (Å²) in [4.78, 5) is 0. The first-order valence-corrected chi connectivity index (χ1v) is 4.62. The van der Waals surface area contributed by atoms with Crippen LogP contribution in [0, 0.1) is 0 Å². The molecular weight excluding hydrogens is 164 g/mol. The van der Waals surface area contributed by atoms with Crippen LogP contribution in [-0.4, -0.2) is 24.3 Å². The molecule has 0 saturated heterocycles. The van der Waals surface area contributed by atoms with Crippen LogP contribution >= 0.6 is 0 Å². The van der Waals surface area contributed by atoms with E-state index in [4.69, 9.17) is 10.5 Å². The SMILES string of the molecule is COCCn1cccc1CC(C)N. The molecule has 0 aliphatic carbocycles. The van der Waals surface area contributed by atoms with Crippen molar-refractivity contribution in [1.82, 2.24) is 4.57 Å². The van der Waals surface area contributed by atoms with Gasteiger partial charge in [-0.1, -0.05) is 0 Å². The monoisotopic (exact) mass is 182 g/mol. The summed E-state index contributed by atoms with van der Waals surface area (Å²) in [7, 11) is 1.72. The molecule has 0 fully saturated rings. The van der Waals surface area contributed by atoms with Crippen LogP contribution in [0.4, 0.5) is 0 Å². The van der Waals surface area contributed by atoms with Crippen molar-refractivity contribution in [2.75, 3.05) is 13.7 Å². The summed E-state index contributed by atoms with van der Waals surface area (Å²) < 4.78 is 7.21. The molecule has 0 aliphatic heterocycles. The lowest BCUT2D eigenvalue weighted by atomic mass is 10.2. The third-order valence-electron chi connectivity index (χ3n) is 1.99. The van der Waals surface area contributed by atoms with Gasteiger partial charge < -0.3 is 15.0 Å². The van der Waals surface area contributed by atoms with E-state index in [-0.39, 0.29) is 6.04 Å². The number of aromatic nitrogens is 1. The van der Waals surface area contributed by atoms with Crippen molar-refractivity contribution in [1.29, 1.82) is 0 Å². The standard InChI is InChI=1S/C10H18N2O/c1-9(11)8-10-4-3-5-12(10)6-7-13-2/h3-5,9H,6-8,11H2,1-2H3. The van der Waals surface area contributed by atoms with E-state index in [1.165, 1.54) is 5.69 Å². The van der Waals surface area contributed by atoms with E-state index in [1.807, 2.05) is 13.0 Å². The summed E-state index contributed by atoms with van der Waals surface area (Å²) in [5, 5.41) is 0. The highest BCUT2D eigenvalue weighted by Crippen LogP contribution is 2.04. The smallest absolute Gasteiger partial charge is 0.0641 e. The summed E-state index contributed by atoms with van der Waals surface area (Å²) in [6.45, 7) is 3.68. The number of nitrogens with zero attached hydrogens (tertiary/aromatic N) is 1. The molecule has 74 valence electrons. The summed E-state index contributed by atoms with van der Waals surface area (Å²) >= 11 is 0. The molecule has 0 aromatic carbocycles. The minimum atomic E-state index is 0.219. The van der Waals surface area contributed by atoms with Gasteiger partial charge in [0.2, 0.25) is 0 Å². The third kappa shape index (κ3) is 3.20. The Labute approximate surface area is 79.5 Å². The molecule has 1 aromatic rings. The van der Waals surface area contributed by atoms with Crippen molar-refractivity contribution in [3.05, 3.63) is 24.0 Å². The van der Waals surface area contributed by atoms with E-state index in [0.29, 0.717) is 0 Å². The van der Waals surface area contributed by atoms with Crippen molar-refractivity contribution in [3.8, 4) is 0 Å². The Balaban J connectivity index is 2.55. The zero-order valence-electron chi connectivity index (χ0n) is 8.36. The van der Waals surface area contributed by atoms with Gasteiger partial charge in [-0.05, 0) is 19.1 Å². The summed E-state index contributed by atoms with van der Waals surface area (Å²) in [6.07, 6.45) is 2.99. The van der Waals surface area contributed by atoms with Crippen LogP contribution < -0.4 is 5.73 Å². The molecule has 1 unspecified atom stereocenters. The second-order valence-corrected chi connectivity index (χ2v) is 3.37. The van der Waals surface area contributed by atoms with Crippen LogP contribution in [0.5, 0.6) is 0 Å². The topological polar surface area (TPSA) is 40.2 Å². The molecule has 0 radical (unpaired) electrons. The molecule has 13 heavy (non-hydrogen) atoms. The molecule has 1 atom stereocenters. The molecule has 0 amide bonds. The average molecular weight is 182 g/mol. The van der Waals surface area contributed by atoms with Gasteiger partial charge in [-0.25, -0.2) is 0 Å². The van der Waals surface area contributed by atoms with Crippen LogP contribution in [0.25, 0.3) is 0 Å². The first-order chi connectivity index (χ1) is 6.24. The fraction of sp³-hybridized carbons (Fsp3) is 0.600. The van der Waals surface area contributed by atoms with Crippen molar-refractivity contribution in [2.24, 2.45) is 5.73 Å². The van der Waals surface area contributed by atoms with Gasteiger partial charge in [-0.15, -0.1) is 0 Å². The van der Waals surface area contributed by atoms with Crippen molar-refractivity contribution in [2.45, 2.75) is 25.9 Å². The van der Waals surface area contributed by atoms with E-state index in [2.05, 4.69) is 16.8 Å². The number of methoxy groups -OCH3 is 1. The molecule has 0 bridgehead atoms. The Hall–Kier alpha value is -0.800. The molecule has 1 heterocycles. The van der Waals surface area contributed by atoms with Gasteiger partial charge in [-0.3, -0.25) is 0 Å². The van der Waals surface area contributed by atoms with Gasteiger partial charge in [-0.2, -0.15) is 0 Å². The largest absolute Gasteiger partial charge is 0.383 e. The van der Waals surface area contributed by atoms with Gasteiger partial charge >= 0.3 is 0 Å². The van der Waals surface area contributed by atoms with Crippen molar-refractivity contribution in [3.63, 3.8) is 0 Å². The molecular formula is C10H18N2O. The lowest BCUT2D eigenvalue weighted by Gasteiger charge is -2.10. The van der Waals surface area contributed by atoms with Gasteiger partial charge in [0.05, 0.1) is 6.61 Å². The number of rotatable bonds is 5. The Kier molecular flexibility index (Phi) is 3.99. The normalized spacial score (nSPS) is 13.2. The van der Waals surface area contributed by atoms with E-state index in [1.54, 1.807) is 7.11 Å². The predicted molar refractivity (Wildman–Crippen MR) is 53.7 cm³/mol. The van der Waals surface area contributed by atoms with E-state index in [9.17, 15) is 0 Å². The highest BCUT2D eigenvalue weighted by atomic mass is 16.5. The van der Waals surface area contributed by atoms with E-state index < -0.39 is 0 Å². The molecule has 0 aliphatic rings. The number of nitrogens with two attached hydrogens (primary N) is 1. The van der Waals surface area contributed by atoms with Gasteiger partial charge in [0.1, 0.15) is 0 Å². The number of hydrogen-bond acceptors (Lipinski definition) is 2. The maximum atomic E-state index is 5.74. The summed E-state index contributed by atoms with van der Waals surface area (Å²) in [5.74, 6) is 0. The van der Waals surface area contributed by atoms with Crippen LogP contribution in [-0.2, 0) is 17.7 Å². The first kappa shape index (κ1) is 10.3. The lowest BCUT2D eigenvalue weighted by Crippen LogP contribution is -2.20. The molecule has 3 heteroatoms. The molecule has 0 saturated carbocycles. The second kappa shape index (κ2) is 5.04. The van der Waals surface area contributed by atoms with Crippen LogP contribution in [0.3, 0.4) is 0 Å². The van der Waals surface area contributed by atoms with Crippen molar-refractivity contribution >= 4 is 0 Å². The third-order valence-corrected chi connectivity index (χ3v) is 1.99. The Bertz CT molecular complexity index is 243. The Morgan fingerprint density at radius 3 is 3.00 bits per heavy atom. The number of ether oxygens (including phenoxy) is 1. The Morgan fingerprint density at radius 1 is 1.62 bits per heavy atom. The lowest BCUT2D eigenvalue weighted by molar-refractivity contribution is 0.186. The first-order valence-electron chi connectivity index (χ1n) is 4.62. The van der Waals surface area contributed by atoms with E-state index in [0.717, 1.165) is 19.6 Å². The fourth-order valence-electron chi connectivity index (χ4n) is 1.37. The zero-order valence-corrected chi connectivity index (χ0v) is 8.36. The second-order valence-electron chi connectivity index (χ2n) is 3.37. The van der Waals surface area contributed by atoms with Gasteiger partial charge in [0.25, 0.3) is 0 Å². The fourth-order valence-corrected chi connectivity index (χ4v) is 1.37. The van der Waals surface area contributed by atoms with Crippen LogP contribution in [0.15, 0.2) is 18.3 Å². The molecule has 0 spiro atoms. The van der Waals surface area contributed by atoms with Crippen molar-refractivity contribution < 1.29 is 4.74 Å². The highest BCUT2D eigenvalue weighted by Gasteiger charge is 2.02. The van der Waals surface area contributed by atoms with Crippen LogP contribution in [0.2, 0.25) is 0 Å². The Morgan fingerprint density at radius 2 is 2.38 bits per heavy atom. The molecule has 1 aromatic heterocycles. The van der Waals surface area contributed by atoms with Crippen LogP contribution in [0.1, 0.15) is 12.6 Å². The average Bonchev–Trinajstić information content (AvgIpc) is 2.48. The molecule has 2 N–H and O–H groups in total. The minimum Gasteiger partial charge on any atom is -0.383 e.